The van der Waals surface area contributed by atoms with E-state index in [1.54, 1.807) is 18.2 Å². The fourth-order valence-electron chi connectivity index (χ4n) is 1.20. The Labute approximate surface area is 94.1 Å². The van der Waals surface area contributed by atoms with E-state index in [9.17, 15) is 4.79 Å². The molecule has 0 saturated heterocycles. The van der Waals surface area contributed by atoms with Crippen LogP contribution in [0.3, 0.4) is 0 Å². The van der Waals surface area contributed by atoms with Gasteiger partial charge in [-0.05, 0) is 19.1 Å². The number of rotatable bonds is 5. The first-order chi connectivity index (χ1) is 7.70. The van der Waals surface area contributed by atoms with Gasteiger partial charge in [0.2, 0.25) is 0 Å². The van der Waals surface area contributed by atoms with E-state index < -0.39 is 5.97 Å². The van der Waals surface area contributed by atoms with Gasteiger partial charge in [-0.15, -0.1) is 0 Å². The smallest absolute Gasteiger partial charge is 0.344 e. The molecule has 0 saturated carbocycles. The number of hydrogen-bond acceptors (Lipinski definition) is 5. The van der Waals surface area contributed by atoms with Gasteiger partial charge in [-0.2, -0.15) is 0 Å². The monoisotopic (exact) mass is 225 g/mol. The minimum Gasteiger partial charge on any atom is -0.494 e. The Morgan fingerprint density at radius 1 is 1.44 bits per heavy atom. The molecule has 0 aromatic heterocycles. The number of methoxy groups -OCH3 is 1. The summed E-state index contributed by atoms with van der Waals surface area (Å²) in [6.07, 6.45) is 0. The van der Waals surface area contributed by atoms with Crippen LogP contribution in [0.5, 0.6) is 5.75 Å². The van der Waals surface area contributed by atoms with E-state index in [-0.39, 0.29) is 6.79 Å². The molecule has 5 nitrogen and oxygen atoms in total. The van der Waals surface area contributed by atoms with Gasteiger partial charge < -0.3 is 19.9 Å². The Morgan fingerprint density at radius 3 is 2.81 bits per heavy atom. The lowest BCUT2D eigenvalue weighted by atomic mass is 10.2. The molecule has 5 heteroatoms. The first-order valence-corrected chi connectivity index (χ1v) is 4.88. The summed E-state index contributed by atoms with van der Waals surface area (Å²) in [6.45, 7) is 2.23. The van der Waals surface area contributed by atoms with Crippen molar-refractivity contribution in [2.45, 2.75) is 6.92 Å². The lowest BCUT2D eigenvalue weighted by Crippen LogP contribution is -2.10. The second-order valence-electron chi connectivity index (χ2n) is 2.97. The predicted molar refractivity (Wildman–Crippen MR) is 59.3 cm³/mol. The number of nitrogens with two attached hydrogens (primary N) is 1. The molecule has 0 aliphatic rings. The van der Waals surface area contributed by atoms with E-state index in [0.29, 0.717) is 23.6 Å². The molecule has 1 aromatic carbocycles. The Kier molecular flexibility index (Phi) is 4.60. The average Bonchev–Trinajstić information content (AvgIpc) is 2.29. The van der Waals surface area contributed by atoms with Crippen molar-refractivity contribution < 1.29 is 19.0 Å². The van der Waals surface area contributed by atoms with E-state index in [0.717, 1.165) is 0 Å². The number of benzene rings is 1. The summed E-state index contributed by atoms with van der Waals surface area (Å²) < 4.78 is 14.8. The molecule has 1 aromatic rings. The SMILES string of the molecule is CCOCOC(=O)c1cccc(N)c1OC. The van der Waals surface area contributed by atoms with Gasteiger partial charge in [0.25, 0.3) is 0 Å². The second-order valence-corrected chi connectivity index (χ2v) is 2.97. The zero-order valence-electron chi connectivity index (χ0n) is 9.36. The summed E-state index contributed by atoms with van der Waals surface area (Å²) in [7, 11) is 1.45. The minimum absolute atomic E-state index is 0.0761. The highest BCUT2D eigenvalue weighted by atomic mass is 16.7. The molecule has 2 N–H and O–H groups in total. The highest BCUT2D eigenvalue weighted by molar-refractivity contribution is 5.94. The van der Waals surface area contributed by atoms with Gasteiger partial charge in [0.15, 0.2) is 12.5 Å². The van der Waals surface area contributed by atoms with Gasteiger partial charge in [-0.25, -0.2) is 4.79 Å². The van der Waals surface area contributed by atoms with Crippen LogP contribution in [0.4, 0.5) is 5.69 Å². The number of anilines is 1. The molecule has 0 heterocycles. The van der Waals surface area contributed by atoms with Crippen molar-refractivity contribution in [3.05, 3.63) is 23.8 Å². The fraction of sp³-hybridized carbons (Fsp3) is 0.364. The van der Waals surface area contributed by atoms with Gasteiger partial charge in [0, 0.05) is 6.61 Å². The molecule has 0 spiro atoms. The zero-order chi connectivity index (χ0) is 12.0. The van der Waals surface area contributed by atoms with Crippen LogP contribution in [0.25, 0.3) is 0 Å². The maximum atomic E-state index is 11.6. The van der Waals surface area contributed by atoms with E-state index in [1.165, 1.54) is 7.11 Å². The van der Waals surface area contributed by atoms with Gasteiger partial charge in [0.1, 0.15) is 5.56 Å². The summed E-state index contributed by atoms with van der Waals surface area (Å²) in [6, 6.07) is 4.90. The largest absolute Gasteiger partial charge is 0.494 e. The number of carbonyl (C=O) groups excluding carboxylic acids is 1. The molecule has 0 aliphatic carbocycles. The number of ether oxygens (including phenoxy) is 3. The summed E-state index contributed by atoms with van der Waals surface area (Å²) in [4.78, 5) is 11.6. The van der Waals surface area contributed by atoms with Crippen LogP contribution in [0.15, 0.2) is 18.2 Å². The Balaban J connectivity index is 2.78. The quantitative estimate of drug-likeness (QED) is 0.355. The molecule has 0 atom stereocenters. The molecule has 0 bridgehead atoms. The molecule has 0 radical (unpaired) electrons. The molecule has 0 fully saturated rings. The van der Waals surface area contributed by atoms with Crippen LogP contribution in [-0.2, 0) is 9.47 Å². The molecule has 88 valence electrons. The molecule has 16 heavy (non-hydrogen) atoms. The first-order valence-electron chi connectivity index (χ1n) is 4.88. The van der Waals surface area contributed by atoms with Crippen LogP contribution in [-0.4, -0.2) is 26.5 Å². The fourth-order valence-corrected chi connectivity index (χ4v) is 1.20. The van der Waals surface area contributed by atoms with Crippen molar-refractivity contribution in [3.8, 4) is 5.75 Å². The van der Waals surface area contributed by atoms with Crippen LogP contribution in [0, 0.1) is 0 Å². The standard InChI is InChI=1S/C11H15NO4/c1-3-15-7-16-11(13)8-5-4-6-9(12)10(8)14-2/h4-6H,3,7,12H2,1-2H3. The topological polar surface area (TPSA) is 70.8 Å². The Morgan fingerprint density at radius 2 is 2.19 bits per heavy atom. The number of esters is 1. The van der Waals surface area contributed by atoms with Gasteiger partial charge in [-0.1, -0.05) is 6.07 Å². The van der Waals surface area contributed by atoms with Crippen molar-refractivity contribution in [2.24, 2.45) is 0 Å². The minimum atomic E-state index is -0.516. The van der Waals surface area contributed by atoms with E-state index in [4.69, 9.17) is 19.9 Å². The van der Waals surface area contributed by atoms with Gasteiger partial charge >= 0.3 is 5.97 Å². The third-order valence-electron chi connectivity index (χ3n) is 1.95. The van der Waals surface area contributed by atoms with Crippen molar-refractivity contribution in [1.29, 1.82) is 0 Å². The average molecular weight is 225 g/mol. The van der Waals surface area contributed by atoms with Crippen LogP contribution in [0.2, 0.25) is 0 Å². The maximum Gasteiger partial charge on any atom is 0.344 e. The first kappa shape index (κ1) is 12.3. The summed E-state index contributed by atoms with van der Waals surface area (Å²) in [5.41, 5.74) is 6.35. The van der Waals surface area contributed by atoms with Crippen molar-refractivity contribution in [3.63, 3.8) is 0 Å². The van der Waals surface area contributed by atoms with Crippen molar-refractivity contribution in [1.82, 2.24) is 0 Å². The predicted octanol–water partition coefficient (Wildman–Crippen LogP) is 1.43. The zero-order valence-corrected chi connectivity index (χ0v) is 9.36. The normalized spacial score (nSPS) is 9.88. The summed E-state index contributed by atoms with van der Waals surface area (Å²) in [5, 5.41) is 0. The van der Waals surface area contributed by atoms with Crippen molar-refractivity contribution >= 4 is 11.7 Å². The van der Waals surface area contributed by atoms with Gasteiger partial charge in [0.05, 0.1) is 12.8 Å². The van der Waals surface area contributed by atoms with E-state index in [1.807, 2.05) is 6.92 Å². The van der Waals surface area contributed by atoms with Crippen LogP contribution < -0.4 is 10.5 Å². The highest BCUT2D eigenvalue weighted by Gasteiger charge is 2.15. The number of carbonyl (C=O) groups is 1. The van der Waals surface area contributed by atoms with Crippen LogP contribution in [0.1, 0.15) is 17.3 Å². The highest BCUT2D eigenvalue weighted by Crippen LogP contribution is 2.26. The number of para-hydroxylation sites is 1. The number of nitrogen functional groups attached to an aromatic ring is 1. The summed E-state index contributed by atoms with van der Waals surface area (Å²) >= 11 is 0. The maximum absolute atomic E-state index is 11.6. The lowest BCUT2D eigenvalue weighted by molar-refractivity contribution is -0.0276. The molecular formula is C11H15NO4. The van der Waals surface area contributed by atoms with E-state index in [2.05, 4.69) is 0 Å². The third kappa shape index (κ3) is 2.87. The van der Waals surface area contributed by atoms with Crippen LogP contribution >= 0.6 is 0 Å². The van der Waals surface area contributed by atoms with E-state index >= 15 is 0 Å². The third-order valence-corrected chi connectivity index (χ3v) is 1.95. The second kappa shape index (κ2) is 5.97. The molecule has 0 aliphatic heterocycles. The Bertz CT molecular complexity index is 365. The number of hydrogen-bond donors (Lipinski definition) is 1. The van der Waals surface area contributed by atoms with Crippen molar-refractivity contribution in [2.75, 3.05) is 26.2 Å². The molecular weight excluding hydrogens is 210 g/mol. The summed E-state index contributed by atoms with van der Waals surface area (Å²) in [5.74, 6) is -0.193. The van der Waals surface area contributed by atoms with Gasteiger partial charge in [-0.3, -0.25) is 0 Å². The Hall–Kier alpha value is -1.75. The lowest BCUT2D eigenvalue weighted by Gasteiger charge is -2.10. The molecule has 1 rings (SSSR count). The molecule has 0 amide bonds. The molecule has 0 unspecified atom stereocenters.